The number of carbonyl (C=O) groups is 3. The minimum absolute atomic E-state index is 0.115. The molecule has 0 radical (unpaired) electrons. The third-order valence-corrected chi connectivity index (χ3v) is 6.96. The van der Waals surface area contributed by atoms with E-state index < -0.39 is 35.1 Å². The first-order valence-electron chi connectivity index (χ1n) is 10.9. The molecule has 8 nitrogen and oxygen atoms in total. The Morgan fingerprint density at radius 1 is 1.19 bits per heavy atom. The van der Waals surface area contributed by atoms with Gasteiger partial charge in [-0.1, -0.05) is 18.2 Å². The molecule has 6 atom stereocenters. The lowest BCUT2D eigenvalue weighted by atomic mass is 9.66. The zero-order chi connectivity index (χ0) is 22.6. The van der Waals surface area contributed by atoms with Gasteiger partial charge in [0.15, 0.2) is 0 Å². The number of aliphatic hydroxyl groups is 1. The fourth-order valence-corrected chi connectivity index (χ4v) is 5.73. The second kappa shape index (κ2) is 7.60. The molecule has 8 heteroatoms. The molecular weight excluding hydrogens is 398 g/mol. The first-order valence-corrected chi connectivity index (χ1v) is 10.9. The Morgan fingerprint density at radius 3 is 2.48 bits per heavy atom. The lowest BCUT2D eigenvalue weighted by molar-refractivity contribution is -0.148. The van der Waals surface area contributed by atoms with E-state index in [1.165, 1.54) is 4.90 Å². The summed E-state index contributed by atoms with van der Waals surface area (Å²) in [5.74, 6) is -2.39. The highest BCUT2D eigenvalue weighted by Crippen LogP contribution is 2.63. The zero-order valence-electron chi connectivity index (χ0n) is 18.4. The second-order valence-corrected chi connectivity index (χ2v) is 9.52. The highest BCUT2D eigenvalue weighted by Gasteiger charge is 2.78. The van der Waals surface area contributed by atoms with Crippen LogP contribution in [0.1, 0.15) is 40.5 Å². The average Bonchev–Trinajstić information content (AvgIpc) is 3.28. The van der Waals surface area contributed by atoms with Crippen LogP contribution in [0.5, 0.6) is 0 Å². The third kappa shape index (κ3) is 3.24. The molecule has 3 amide bonds. The predicted octanol–water partition coefficient (Wildman–Crippen LogP) is 1.30. The molecule has 3 aliphatic rings. The number of benzene rings is 1. The Hall–Kier alpha value is -2.45. The maximum atomic E-state index is 13.7. The summed E-state index contributed by atoms with van der Waals surface area (Å²) in [6.07, 6.45) is 1.09. The van der Waals surface area contributed by atoms with Crippen LogP contribution in [0.2, 0.25) is 0 Å². The summed E-state index contributed by atoms with van der Waals surface area (Å²) in [7, 11) is 0. The zero-order valence-corrected chi connectivity index (χ0v) is 18.4. The molecule has 3 N–H and O–H groups in total. The normalized spacial score (nSPS) is 34.7. The van der Waals surface area contributed by atoms with Crippen LogP contribution < -0.4 is 10.6 Å². The topological polar surface area (TPSA) is 108 Å². The molecule has 1 spiro atoms. The summed E-state index contributed by atoms with van der Waals surface area (Å²) in [5.41, 5.74) is -1.26. The minimum atomic E-state index is -1.08. The number of amides is 3. The van der Waals surface area contributed by atoms with Gasteiger partial charge in [-0.25, -0.2) is 0 Å². The molecule has 1 aromatic carbocycles. The van der Waals surface area contributed by atoms with E-state index in [0.29, 0.717) is 18.5 Å². The van der Waals surface area contributed by atoms with Crippen molar-refractivity contribution in [2.75, 3.05) is 11.9 Å². The van der Waals surface area contributed by atoms with Gasteiger partial charge in [0, 0.05) is 11.7 Å². The molecule has 168 valence electrons. The predicted molar refractivity (Wildman–Crippen MR) is 114 cm³/mol. The summed E-state index contributed by atoms with van der Waals surface area (Å²) >= 11 is 0. The number of ether oxygens (including phenoxy) is 1. The quantitative estimate of drug-likeness (QED) is 0.632. The molecule has 3 aliphatic heterocycles. The molecule has 2 unspecified atom stereocenters. The maximum absolute atomic E-state index is 13.7. The van der Waals surface area contributed by atoms with Crippen LogP contribution in [0.15, 0.2) is 30.3 Å². The van der Waals surface area contributed by atoms with Crippen molar-refractivity contribution in [2.24, 2.45) is 11.8 Å². The molecule has 4 rings (SSSR count). The van der Waals surface area contributed by atoms with Gasteiger partial charge < -0.3 is 25.4 Å². The van der Waals surface area contributed by atoms with E-state index in [0.717, 1.165) is 0 Å². The van der Waals surface area contributed by atoms with Crippen LogP contribution in [-0.4, -0.2) is 63.7 Å². The van der Waals surface area contributed by atoms with Gasteiger partial charge in [0.1, 0.15) is 11.6 Å². The van der Waals surface area contributed by atoms with Crippen molar-refractivity contribution < 1.29 is 24.2 Å². The van der Waals surface area contributed by atoms with Gasteiger partial charge in [-0.15, -0.1) is 0 Å². The molecule has 2 bridgehead atoms. The number of carbonyl (C=O) groups excluding carboxylic acids is 3. The average molecular weight is 430 g/mol. The lowest BCUT2D eigenvalue weighted by Crippen LogP contribution is -2.58. The lowest BCUT2D eigenvalue weighted by Gasteiger charge is -2.36. The third-order valence-electron chi connectivity index (χ3n) is 6.96. The number of aliphatic hydroxyl groups excluding tert-OH is 1. The van der Waals surface area contributed by atoms with Crippen molar-refractivity contribution in [1.29, 1.82) is 0 Å². The Balaban J connectivity index is 1.73. The van der Waals surface area contributed by atoms with Crippen molar-refractivity contribution in [2.45, 2.75) is 69.9 Å². The van der Waals surface area contributed by atoms with Crippen molar-refractivity contribution in [3.05, 3.63) is 30.3 Å². The number of nitrogens with zero attached hydrogens (tertiary/aromatic N) is 1. The molecular formula is C23H31N3O5. The number of anilines is 1. The summed E-state index contributed by atoms with van der Waals surface area (Å²) in [6, 6.07) is 7.53. The molecule has 3 heterocycles. The van der Waals surface area contributed by atoms with E-state index in [9.17, 15) is 19.5 Å². The van der Waals surface area contributed by atoms with Gasteiger partial charge >= 0.3 is 0 Å². The number of fused-ring (bicyclic) bond motifs is 1. The maximum Gasteiger partial charge on any atom is 0.246 e. The number of nitrogens with one attached hydrogen (secondary N) is 2. The van der Waals surface area contributed by atoms with Crippen molar-refractivity contribution in [3.8, 4) is 0 Å². The van der Waals surface area contributed by atoms with Crippen LogP contribution in [0.25, 0.3) is 0 Å². The van der Waals surface area contributed by atoms with E-state index >= 15 is 0 Å². The molecule has 3 fully saturated rings. The Kier molecular flexibility index (Phi) is 5.34. The smallest absolute Gasteiger partial charge is 0.246 e. The minimum Gasteiger partial charge on any atom is -0.394 e. The van der Waals surface area contributed by atoms with Crippen molar-refractivity contribution in [3.63, 3.8) is 0 Å². The van der Waals surface area contributed by atoms with Gasteiger partial charge in [-0.2, -0.15) is 0 Å². The summed E-state index contributed by atoms with van der Waals surface area (Å²) in [4.78, 5) is 41.7. The van der Waals surface area contributed by atoms with Gasteiger partial charge in [-0.3, -0.25) is 14.4 Å². The molecule has 1 aromatic rings. The first-order chi connectivity index (χ1) is 14.6. The summed E-state index contributed by atoms with van der Waals surface area (Å²) < 4.78 is 6.49. The number of hydrogen-bond acceptors (Lipinski definition) is 5. The summed E-state index contributed by atoms with van der Waals surface area (Å²) in [5, 5.41) is 15.6. The van der Waals surface area contributed by atoms with Gasteiger partial charge in [0.25, 0.3) is 0 Å². The van der Waals surface area contributed by atoms with E-state index in [4.69, 9.17) is 4.74 Å². The van der Waals surface area contributed by atoms with E-state index in [-0.39, 0.29) is 30.4 Å². The largest absolute Gasteiger partial charge is 0.394 e. The number of rotatable bonds is 6. The fourth-order valence-electron chi connectivity index (χ4n) is 5.73. The summed E-state index contributed by atoms with van der Waals surface area (Å²) in [6.45, 7) is 7.00. The van der Waals surface area contributed by atoms with E-state index in [1.54, 1.807) is 19.1 Å². The Bertz CT molecular complexity index is 890. The second-order valence-electron chi connectivity index (χ2n) is 9.52. The molecule has 3 saturated heterocycles. The van der Waals surface area contributed by atoms with Gasteiger partial charge in [-0.05, 0) is 52.7 Å². The monoisotopic (exact) mass is 429 g/mol. The van der Waals surface area contributed by atoms with Crippen LogP contribution in [0.3, 0.4) is 0 Å². The number of likely N-dealkylation sites (tertiary alicyclic amines) is 1. The number of hydrogen-bond donors (Lipinski definition) is 3. The van der Waals surface area contributed by atoms with E-state index in [2.05, 4.69) is 10.6 Å². The van der Waals surface area contributed by atoms with Crippen LogP contribution in [0, 0.1) is 11.8 Å². The standard InChI is InChI=1S/C23H31N3O5/c1-13(2)24-20(29)18-23-11-10-22(4,31-23)16(17(23)21(30)26(18)14(3)12-27)19(28)25-15-8-6-5-7-9-15/h5-9,13-14,16-18,27H,10-12H2,1-4H3,(H,24,29)(H,25,28)/t14-,16+,17+,18?,22-,23?/m1/s1. The van der Waals surface area contributed by atoms with Crippen LogP contribution in [0.4, 0.5) is 5.69 Å². The van der Waals surface area contributed by atoms with Gasteiger partial charge in [0.2, 0.25) is 17.7 Å². The van der Waals surface area contributed by atoms with Crippen molar-refractivity contribution in [1.82, 2.24) is 10.2 Å². The Morgan fingerprint density at radius 2 is 1.87 bits per heavy atom. The molecule has 0 saturated carbocycles. The van der Waals surface area contributed by atoms with E-state index in [1.807, 2.05) is 39.0 Å². The van der Waals surface area contributed by atoms with Crippen LogP contribution >= 0.6 is 0 Å². The van der Waals surface area contributed by atoms with Gasteiger partial charge in [0.05, 0.1) is 30.1 Å². The molecule has 0 aromatic heterocycles. The molecule has 31 heavy (non-hydrogen) atoms. The first kappa shape index (κ1) is 21.8. The molecule has 0 aliphatic carbocycles. The van der Waals surface area contributed by atoms with Crippen LogP contribution in [-0.2, 0) is 19.1 Å². The Labute approximate surface area is 182 Å². The SMILES string of the molecule is CC(C)NC(=O)C1N([C@H](C)CO)C(=O)[C@@H]2[C@@H](C(=O)Nc3ccccc3)[C@@]3(C)CCC12O3. The number of para-hydroxylation sites is 1. The fraction of sp³-hybridized carbons (Fsp3) is 0.609. The van der Waals surface area contributed by atoms with Crippen molar-refractivity contribution >= 4 is 23.4 Å². The highest BCUT2D eigenvalue weighted by atomic mass is 16.5. The highest BCUT2D eigenvalue weighted by molar-refractivity contribution is 6.02.